The molecule has 2 N–H and O–H groups in total. The van der Waals surface area contributed by atoms with Gasteiger partial charge in [0.15, 0.2) is 0 Å². The van der Waals surface area contributed by atoms with Crippen molar-refractivity contribution in [3.05, 3.63) is 11.5 Å². The number of hydrogen-bond donors (Lipinski definition) is 1. The van der Waals surface area contributed by atoms with Crippen molar-refractivity contribution in [2.45, 2.75) is 19.2 Å². The van der Waals surface area contributed by atoms with Gasteiger partial charge in [0.25, 0.3) is 0 Å². The summed E-state index contributed by atoms with van der Waals surface area (Å²) in [6.07, 6.45) is 1.81. The van der Waals surface area contributed by atoms with Crippen LogP contribution in [-0.2, 0) is 9.53 Å². The second-order valence-corrected chi connectivity index (χ2v) is 3.91. The number of ether oxygens (including phenoxy) is 1. The Bertz CT molecular complexity index is 217. The zero-order valence-corrected chi connectivity index (χ0v) is 8.06. The predicted octanol–water partition coefficient (Wildman–Crippen LogP) is 1.10. The van der Waals surface area contributed by atoms with Gasteiger partial charge in [-0.1, -0.05) is 6.08 Å². The van der Waals surface area contributed by atoms with Crippen LogP contribution in [0.2, 0.25) is 0 Å². The molecule has 1 aliphatic heterocycles. The molecule has 0 amide bonds. The van der Waals surface area contributed by atoms with Gasteiger partial charge in [0.1, 0.15) is 5.41 Å². The van der Waals surface area contributed by atoms with Crippen LogP contribution in [0.15, 0.2) is 11.5 Å². The van der Waals surface area contributed by atoms with E-state index in [1.54, 1.807) is 19.9 Å². The van der Waals surface area contributed by atoms with Crippen LogP contribution in [0.25, 0.3) is 0 Å². The Balaban J connectivity index is 2.70. The lowest BCUT2D eigenvalue weighted by molar-refractivity contribution is -0.151. The summed E-state index contributed by atoms with van der Waals surface area (Å²) < 4.78 is 4.92. The highest BCUT2D eigenvalue weighted by Crippen LogP contribution is 2.37. The minimum atomic E-state index is -0.638. The maximum Gasteiger partial charge on any atom is 0.318 e. The Kier molecular flexibility index (Phi) is 2.80. The van der Waals surface area contributed by atoms with E-state index < -0.39 is 5.41 Å². The first-order valence-corrected chi connectivity index (χ1v) is 4.81. The van der Waals surface area contributed by atoms with Crippen molar-refractivity contribution in [1.82, 2.24) is 0 Å². The number of nitrogens with two attached hydrogens (primary N) is 1. The molecule has 2 atom stereocenters. The van der Waals surface area contributed by atoms with Crippen molar-refractivity contribution in [1.29, 1.82) is 0 Å². The van der Waals surface area contributed by atoms with Gasteiger partial charge in [0.05, 0.1) is 12.0 Å². The molecule has 4 heteroatoms. The Morgan fingerprint density at radius 2 is 2.50 bits per heavy atom. The zero-order valence-electron chi connectivity index (χ0n) is 7.24. The average Bonchev–Trinajstić information content (AvgIpc) is 2.34. The van der Waals surface area contributed by atoms with Gasteiger partial charge in [-0.15, -0.1) is 11.8 Å². The van der Waals surface area contributed by atoms with Crippen LogP contribution in [0.3, 0.4) is 0 Å². The SMILES string of the molecule is CCOC(=O)C1(C)C=CSC1N. The minimum Gasteiger partial charge on any atom is -0.465 e. The van der Waals surface area contributed by atoms with E-state index in [9.17, 15) is 4.79 Å². The second-order valence-electron chi connectivity index (χ2n) is 2.86. The Hall–Kier alpha value is -0.480. The molecular formula is C8H13NO2S. The van der Waals surface area contributed by atoms with E-state index >= 15 is 0 Å². The fourth-order valence-electron chi connectivity index (χ4n) is 0.972. The zero-order chi connectivity index (χ0) is 9.19. The van der Waals surface area contributed by atoms with Gasteiger partial charge in [-0.2, -0.15) is 0 Å². The van der Waals surface area contributed by atoms with E-state index in [2.05, 4.69) is 0 Å². The maximum absolute atomic E-state index is 11.4. The van der Waals surface area contributed by atoms with Gasteiger partial charge in [0.2, 0.25) is 0 Å². The Labute approximate surface area is 76.3 Å². The summed E-state index contributed by atoms with van der Waals surface area (Å²) in [5.74, 6) is -0.237. The maximum atomic E-state index is 11.4. The summed E-state index contributed by atoms with van der Waals surface area (Å²) in [5.41, 5.74) is 5.11. The van der Waals surface area contributed by atoms with E-state index in [1.807, 2.05) is 5.41 Å². The first kappa shape index (κ1) is 9.61. The topological polar surface area (TPSA) is 52.3 Å². The van der Waals surface area contributed by atoms with Gasteiger partial charge in [-0.05, 0) is 19.3 Å². The quantitative estimate of drug-likeness (QED) is 0.658. The normalized spacial score (nSPS) is 33.8. The number of thioether (sulfide) groups is 1. The van der Waals surface area contributed by atoms with Crippen molar-refractivity contribution in [2.24, 2.45) is 11.1 Å². The molecule has 0 aliphatic carbocycles. The van der Waals surface area contributed by atoms with E-state index in [-0.39, 0.29) is 11.3 Å². The first-order valence-electron chi connectivity index (χ1n) is 3.87. The summed E-state index contributed by atoms with van der Waals surface area (Å²) in [4.78, 5) is 11.4. The molecule has 2 unspecified atom stereocenters. The molecule has 1 aliphatic rings. The highest BCUT2D eigenvalue weighted by molar-refractivity contribution is 8.03. The number of rotatable bonds is 2. The molecule has 68 valence electrons. The van der Waals surface area contributed by atoms with Gasteiger partial charge in [-0.25, -0.2) is 0 Å². The summed E-state index contributed by atoms with van der Waals surface area (Å²) in [7, 11) is 0. The van der Waals surface area contributed by atoms with Crippen LogP contribution in [0.5, 0.6) is 0 Å². The standard InChI is InChI=1S/C8H13NO2S/c1-3-11-7(10)8(2)4-5-12-6(8)9/h4-6H,3,9H2,1-2H3. The van der Waals surface area contributed by atoms with Crippen molar-refractivity contribution >= 4 is 17.7 Å². The molecule has 3 nitrogen and oxygen atoms in total. The highest BCUT2D eigenvalue weighted by atomic mass is 32.2. The van der Waals surface area contributed by atoms with Gasteiger partial charge < -0.3 is 10.5 Å². The van der Waals surface area contributed by atoms with Gasteiger partial charge in [-0.3, -0.25) is 4.79 Å². The second kappa shape index (κ2) is 3.49. The monoisotopic (exact) mass is 187 g/mol. The molecule has 0 bridgehead atoms. The molecule has 0 saturated heterocycles. The number of carbonyl (C=O) groups is 1. The summed E-state index contributed by atoms with van der Waals surface area (Å²) in [6.45, 7) is 3.99. The van der Waals surface area contributed by atoms with Crippen molar-refractivity contribution in [3.63, 3.8) is 0 Å². The molecule has 0 aromatic rings. The lowest BCUT2D eigenvalue weighted by Gasteiger charge is -2.23. The van der Waals surface area contributed by atoms with E-state index in [1.165, 1.54) is 11.8 Å². The number of hydrogen-bond acceptors (Lipinski definition) is 4. The molecule has 0 radical (unpaired) electrons. The molecule has 0 spiro atoms. The van der Waals surface area contributed by atoms with Crippen LogP contribution in [0.4, 0.5) is 0 Å². The molecule has 0 aromatic heterocycles. The van der Waals surface area contributed by atoms with Crippen molar-refractivity contribution < 1.29 is 9.53 Å². The molecule has 1 rings (SSSR count). The van der Waals surface area contributed by atoms with Crippen LogP contribution < -0.4 is 5.73 Å². The van der Waals surface area contributed by atoms with Gasteiger partial charge in [0, 0.05) is 0 Å². The fraction of sp³-hybridized carbons (Fsp3) is 0.625. The lowest BCUT2D eigenvalue weighted by Crippen LogP contribution is -2.40. The predicted molar refractivity (Wildman–Crippen MR) is 49.4 cm³/mol. The Morgan fingerprint density at radius 1 is 1.83 bits per heavy atom. The third-order valence-electron chi connectivity index (χ3n) is 1.95. The van der Waals surface area contributed by atoms with Gasteiger partial charge >= 0.3 is 5.97 Å². The smallest absolute Gasteiger partial charge is 0.318 e. The summed E-state index contributed by atoms with van der Waals surface area (Å²) in [5, 5.41) is 1.64. The van der Waals surface area contributed by atoms with Crippen LogP contribution in [0.1, 0.15) is 13.8 Å². The largest absolute Gasteiger partial charge is 0.465 e. The molecule has 0 aromatic carbocycles. The third kappa shape index (κ3) is 1.49. The fourth-order valence-corrected chi connectivity index (χ4v) is 1.96. The van der Waals surface area contributed by atoms with E-state index in [4.69, 9.17) is 10.5 Å². The summed E-state index contributed by atoms with van der Waals surface area (Å²) >= 11 is 1.45. The molecular weight excluding hydrogens is 174 g/mol. The molecule has 12 heavy (non-hydrogen) atoms. The highest BCUT2D eigenvalue weighted by Gasteiger charge is 2.41. The number of carbonyl (C=O) groups excluding carboxylic acids is 1. The molecule has 0 saturated carbocycles. The first-order chi connectivity index (χ1) is 5.61. The van der Waals surface area contributed by atoms with Crippen LogP contribution in [0, 0.1) is 5.41 Å². The minimum absolute atomic E-state index is 0.212. The van der Waals surface area contributed by atoms with Crippen molar-refractivity contribution in [2.75, 3.05) is 6.61 Å². The van der Waals surface area contributed by atoms with E-state index in [0.29, 0.717) is 6.61 Å². The average molecular weight is 187 g/mol. The Morgan fingerprint density at radius 3 is 2.92 bits per heavy atom. The van der Waals surface area contributed by atoms with E-state index in [0.717, 1.165) is 0 Å². The summed E-state index contributed by atoms with van der Waals surface area (Å²) in [6, 6.07) is 0. The third-order valence-corrected chi connectivity index (χ3v) is 3.02. The van der Waals surface area contributed by atoms with Crippen molar-refractivity contribution in [3.8, 4) is 0 Å². The van der Waals surface area contributed by atoms with Crippen LogP contribution >= 0.6 is 11.8 Å². The lowest BCUT2D eigenvalue weighted by atomic mass is 9.91. The molecule has 1 heterocycles. The molecule has 0 fully saturated rings. The number of esters is 1. The van der Waals surface area contributed by atoms with Crippen LogP contribution in [-0.4, -0.2) is 18.0 Å².